The minimum Gasteiger partial charge on any atom is -0.456 e. The third-order valence-electron chi connectivity index (χ3n) is 5.51. The fourth-order valence-corrected chi connectivity index (χ4v) is 5.44. The lowest BCUT2D eigenvalue weighted by atomic mass is 9.71. The summed E-state index contributed by atoms with van der Waals surface area (Å²) in [5.41, 5.74) is 1.27. The Bertz CT molecular complexity index is 765. The second-order valence-electron chi connectivity index (χ2n) is 7.98. The SMILES string of the molecule is CCC1=CC[C@](C)([C@@H]2O[C@H](SC)[C@@H](OC(C)=O)[C@H](OC(C)=O)[C@H]2OC(C)=O)C=C1CBr. The van der Waals surface area contributed by atoms with Gasteiger partial charge in [0.1, 0.15) is 11.5 Å². The normalized spacial score (nSPS) is 33.1. The molecule has 0 aromatic rings. The number of thioether (sulfide) groups is 1. The molecule has 2 aliphatic rings. The maximum Gasteiger partial charge on any atom is 0.303 e. The van der Waals surface area contributed by atoms with Crippen LogP contribution in [0.5, 0.6) is 0 Å². The van der Waals surface area contributed by atoms with Gasteiger partial charge in [0.25, 0.3) is 0 Å². The molecule has 1 aliphatic carbocycles. The second kappa shape index (κ2) is 11.0. The Labute approximate surface area is 196 Å². The van der Waals surface area contributed by atoms with E-state index in [2.05, 4.69) is 35.0 Å². The van der Waals surface area contributed by atoms with Crippen LogP contribution in [-0.4, -0.2) is 59.3 Å². The van der Waals surface area contributed by atoms with Crippen molar-refractivity contribution in [2.45, 2.75) is 77.3 Å². The molecule has 0 spiro atoms. The molecule has 6 atom stereocenters. The first-order valence-electron chi connectivity index (χ1n) is 10.2. The van der Waals surface area contributed by atoms with E-state index in [0.29, 0.717) is 11.8 Å². The maximum absolute atomic E-state index is 12.0. The fourth-order valence-electron chi connectivity index (χ4n) is 4.21. The zero-order valence-corrected chi connectivity index (χ0v) is 21.2. The monoisotopic (exact) mass is 518 g/mol. The molecule has 7 nitrogen and oxygen atoms in total. The molecule has 174 valence electrons. The Morgan fingerprint density at radius 2 is 1.61 bits per heavy atom. The zero-order chi connectivity index (χ0) is 23.3. The lowest BCUT2D eigenvalue weighted by Crippen LogP contribution is -2.63. The molecular weight excluding hydrogens is 488 g/mol. The summed E-state index contributed by atoms with van der Waals surface area (Å²) in [6, 6.07) is 0. The van der Waals surface area contributed by atoms with Crippen molar-refractivity contribution in [3.8, 4) is 0 Å². The number of hydrogen-bond donors (Lipinski definition) is 0. The number of halogens is 1. The van der Waals surface area contributed by atoms with E-state index >= 15 is 0 Å². The standard InChI is InChI=1S/C22H31BrO7S/c1-7-15-8-9-22(5,10-16(15)11-23)20-18(28-13(3)25)17(27-12(2)24)19(29-14(4)26)21(30-20)31-6/h8,10,17-21H,7,9,11H2,1-6H3/t17-,18-,19+,20-,21-,22+/m1/s1. The van der Waals surface area contributed by atoms with Crippen molar-refractivity contribution in [3.63, 3.8) is 0 Å². The van der Waals surface area contributed by atoms with Crippen molar-refractivity contribution in [2.24, 2.45) is 5.41 Å². The van der Waals surface area contributed by atoms with Gasteiger partial charge in [-0.25, -0.2) is 0 Å². The third kappa shape index (κ3) is 6.14. The molecule has 0 aromatic heterocycles. The molecule has 0 bridgehead atoms. The molecule has 0 unspecified atom stereocenters. The average molecular weight is 519 g/mol. The van der Waals surface area contributed by atoms with Crippen molar-refractivity contribution in [2.75, 3.05) is 11.6 Å². The van der Waals surface area contributed by atoms with E-state index in [-0.39, 0.29) is 0 Å². The smallest absolute Gasteiger partial charge is 0.303 e. The Kier molecular flexibility index (Phi) is 9.21. The number of alkyl halides is 1. The van der Waals surface area contributed by atoms with Crippen LogP contribution in [0.2, 0.25) is 0 Å². The van der Waals surface area contributed by atoms with Gasteiger partial charge in [-0.1, -0.05) is 41.9 Å². The van der Waals surface area contributed by atoms with Crippen LogP contribution in [0.1, 0.15) is 47.5 Å². The quantitative estimate of drug-likeness (QED) is 0.284. The largest absolute Gasteiger partial charge is 0.456 e. The number of ether oxygens (including phenoxy) is 4. The van der Waals surface area contributed by atoms with E-state index in [0.717, 1.165) is 12.0 Å². The molecule has 0 aromatic carbocycles. The number of rotatable bonds is 7. The first kappa shape index (κ1) is 25.9. The minimum absolute atomic E-state index is 0.532. The number of hydrogen-bond acceptors (Lipinski definition) is 8. The molecule has 9 heteroatoms. The summed E-state index contributed by atoms with van der Waals surface area (Å²) < 4.78 is 23.1. The average Bonchev–Trinajstić information content (AvgIpc) is 2.69. The van der Waals surface area contributed by atoms with Gasteiger partial charge in [0.05, 0.1) is 0 Å². The summed E-state index contributed by atoms with van der Waals surface area (Å²) in [4.78, 5) is 35.7. The highest BCUT2D eigenvalue weighted by Crippen LogP contribution is 2.46. The third-order valence-corrected chi connectivity index (χ3v) is 6.96. The van der Waals surface area contributed by atoms with Crippen molar-refractivity contribution in [3.05, 3.63) is 23.3 Å². The molecule has 0 radical (unpaired) electrons. The highest BCUT2D eigenvalue weighted by molar-refractivity contribution is 9.09. The van der Waals surface area contributed by atoms with Gasteiger partial charge in [-0.05, 0) is 30.2 Å². The second-order valence-corrected chi connectivity index (χ2v) is 9.48. The number of carbonyl (C=O) groups excluding carboxylic acids is 3. The van der Waals surface area contributed by atoms with E-state index in [1.54, 1.807) is 0 Å². The van der Waals surface area contributed by atoms with E-state index in [1.165, 1.54) is 38.1 Å². The van der Waals surface area contributed by atoms with Crippen LogP contribution in [0, 0.1) is 5.41 Å². The van der Waals surface area contributed by atoms with Crippen LogP contribution in [0.15, 0.2) is 23.3 Å². The van der Waals surface area contributed by atoms with Crippen molar-refractivity contribution < 1.29 is 33.3 Å². The van der Waals surface area contributed by atoms with Crippen LogP contribution in [-0.2, 0) is 33.3 Å². The van der Waals surface area contributed by atoms with Crippen LogP contribution in [0.4, 0.5) is 0 Å². The van der Waals surface area contributed by atoms with Crippen molar-refractivity contribution in [1.29, 1.82) is 0 Å². The highest BCUT2D eigenvalue weighted by atomic mass is 79.9. The molecule has 1 heterocycles. The zero-order valence-electron chi connectivity index (χ0n) is 18.8. The number of carbonyl (C=O) groups is 3. The van der Waals surface area contributed by atoms with Crippen LogP contribution < -0.4 is 0 Å². The molecule has 0 saturated carbocycles. The Hall–Kier alpha value is -1.32. The lowest BCUT2D eigenvalue weighted by molar-refractivity contribution is -0.244. The van der Waals surface area contributed by atoms with Gasteiger partial charge in [0.15, 0.2) is 18.3 Å². The van der Waals surface area contributed by atoms with Gasteiger partial charge in [-0.15, -0.1) is 11.8 Å². The first-order valence-corrected chi connectivity index (χ1v) is 12.6. The van der Waals surface area contributed by atoms with E-state index in [1.807, 2.05) is 13.2 Å². The minimum atomic E-state index is -0.990. The van der Waals surface area contributed by atoms with Gasteiger partial charge in [0, 0.05) is 31.5 Å². The predicted molar refractivity (Wildman–Crippen MR) is 122 cm³/mol. The van der Waals surface area contributed by atoms with Crippen molar-refractivity contribution >= 4 is 45.6 Å². The molecular formula is C22H31BrO7S. The Morgan fingerprint density at radius 3 is 2.10 bits per heavy atom. The van der Waals surface area contributed by atoms with E-state index < -0.39 is 53.2 Å². The molecule has 1 fully saturated rings. The summed E-state index contributed by atoms with van der Waals surface area (Å²) in [7, 11) is 0. The summed E-state index contributed by atoms with van der Waals surface area (Å²) >= 11 is 4.91. The Balaban J connectivity index is 2.55. The molecule has 31 heavy (non-hydrogen) atoms. The molecule has 0 amide bonds. The van der Waals surface area contributed by atoms with Crippen LogP contribution in [0.25, 0.3) is 0 Å². The van der Waals surface area contributed by atoms with Gasteiger partial charge < -0.3 is 18.9 Å². The van der Waals surface area contributed by atoms with Gasteiger partial charge in [0.2, 0.25) is 0 Å². The first-order chi connectivity index (χ1) is 14.6. The maximum atomic E-state index is 12.0. The summed E-state index contributed by atoms with van der Waals surface area (Å²) in [5.74, 6) is -1.63. The summed E-state index contributed by atoms with van der Waals surface area (Å²) in [6.45, 7) is 7.98. The van der Waals surface area contributed by atoms with Gasteiger partial charge in [-0.2, -0.15) is 0 Å². The van der Waals surface area contributed by atoms with Gasteiger partial charge in [-0.3, -0.25) is 14.4 Å². The van der Waals surface area contributed by atoms with Crippen LogP contribution in [0.3, 0.4) is 0 Å². The van der Waals surface area contributed by atoms with E-state index in [9.17, 15) is 14.4 Å². The number of esters is 3. The molecule has 1 saturated heterocycles. The summed E-state index contributed by atoms with van der Waals surface area (Å²) in [5, 5.41) is 0.683. The van der Waals surface area contributed by atoms with Gasteiger partial charge >= 0.3 is 17.9 Å². The van der Waals surface area contributed by atoms with Crippen molar-refractivity contribution in [1.82, 2.24) is 0 Å². The highest BCUT2D eigenvalue weighted by Gasteiger charge is 2.56. The lowest BCUT2D eigenvalue weighted by Gasteiger charge is -2.50. The molecule has 0 N–H and O–H groups in total. The summed E-state index contributed by atoms with van der Waals surface area (Å²) in [6.07, 6.45) is 4.27. The topological polar surface area (TPSA) is 88.1 Å². The number of allylic oxidation sites excluding steroid dienone is 3. The Morgan fingerprint density at radius 1 is 1.06 bits per heavy atom. The molecule has 2 rings (SSSR count). The van der Waals surface area contributed by atoms with Crippen LogP contribution >= 0.6 is 27.7 Å². The fraction of sp³-hybridized carbons (Fsp3) is 0.682. The van der Waals surface area contributed by atoms with E-state index in [4.69, 9.17) is 18.9 Å². The predicted octanol–water partition coefficient (Wildman–Crippen LogP) is 3.94. The molecule has 1 aliphatic heterocycles.